The highest BCUT2D eigenvalue weighted by molar-refractivity contribution is 5.97. The molecule has 1 aliphatic heterocycles. The van der Waals surface area contributed by atoms with Gasteiger partial charge in [0.1, 0.15) is 11.5 Å². The molecule has 1 aromatic rings. The molecule has 1 aliphatic carbocycles. The molecule has 1 N–H and O–H groups in total. The number of carbonyl (C=O) groups excluding carboxylic acids is 1. The number of amides is 1. The first-order chi connectivity index (χ1) is 10.5. The minimum atomic E-state index is -1.09. The number of aliphatic carboxylic acids is 1. The average Bonchev–Trinajstić information content (AvgIpc) is 2.86. The number of halogens is 1. The second-order valence-corrected chi connectivity index (χ2v) is 5.86. The van der Waals surface area contributed by atoms with Gasteiger partial charge in [-0.25, -0.2) is 9.18 Å². The summed E-state index contributed by atoms with van der Waals surface area (Å²) in [6.07, 6.45) is 4.07. The van der Waals surface area contributed by atoms with Crippen molar-refractivity contribution in [1.82, 2.24) is 4.90 Å². The Kier molecular flexibility index (Phi) is 3.87. The zero-order valence-corrected chi connectivity index (χ0v) is 12.1. The topological polar surface area (TPSA) is 66.8 Å². The summed E-state index contributed by atoms with van der Waals surface area (Å²) in [7, 11) is 0. The lowest BCUT2D eigenvalue weighted by atomic mass is 9.89. The van der Waals surface area contributed by atoms with Crippen molar-refractivity contribution in [2.45, 2.75) is 43.9 Å². The van der Waals surface area contributed by atoms with Crippen LogP contribution in [-0.4, -0.2) is 40.3 Å². The van der Waals surface area contributed by atoms with Crippen LogP contribution in [0.3, 0.4) is 0 Å². The van der Waals surface area contributed by atoms with Gasteiger partial charge in [0, 0.05) is 5.56 Å². The fraction of sp³-hybridized carbons (Fsp3) is 0.500. The van der Waals surface area contributed by atoms with Crippen molar-refractivity contribution in [3.63, 3.8) is 0 Å². The van der Waals surface area contributed by atoms with Crippen LogP contribution in [0.5, 0.6) is 0 Å². The molecule has 0 radical (unpaired) electrons. The second-order valence-electron chi connectivity index (χ2n) is 5.86. The molecule has 1 amide bonds. The van der Waals surface area contributed by atoms with Gasteiger partial charge in [0.05, 0.1) is 6.61 Å². The van der Waals surface area contributed by atoms with Crippen molar-refractivity contribution < 1.29 is 23.8 Å². The summed E-state index contributed by atoms with van der Waals surface area (Å²) < 4.78 is 19.2. The van der Waals surface area contributed by atoms with Crippen LogP contribution in [0.15, 0.2) is 24.3 Å². The third-order valence-corrected chi connectivity index (χ3v) is 4.47. The van der Waals surface area contributed by atoms with Crippen molar-refractivity contribution in [3.05, 3.63) is 35.6 Å². The zero-order valence-electron chi connectivity index (χ0n) is 12.1. The molecule has 1 heterocycles. The van der Waals surface area contributed by atoms with Crippen molar-refractivity contribution in [2.75, 3.05) is 6.61 Å². The molecule has 1 saturated carbocycles. The van der Waals surface area contributed by atoms with Crippen molar-refractivity contribution in [2.24, 2.45) is 0 Å². The summed E-state index contributed by atoms with van der Waals surface area (Å²) in [4.78, 5) is 25.6. The number of hydrogen-bond donors (Lipinski definition) is 1. The minimum Gasteiger partial charge on any atom is -0.480 e. The zero-order chi connectivity index (χ0) is 15.7. The van der Waals surface area contributed by atoms with Crippen molar-refractivity contribution >= 4 is 11.9 Å². The maximum absolute atomic E-state index is 13.4. The van der Waals surface area contributed by atoms with Gasteiger partial charge in [0.25, 0.3) is 5.91 Å². The summed E-state index contributed by atoms with van der Waals surface area (Å²) in [5.41, 5.74) is -0.702. The molecule has 0 aromatic heterocycles. The molecule has 118 valence electrons. The van der Waals surface area contributed by atoms with Gasteiger partial charge in [-0.15, -0.1) is 0 Å². The van der Waals surface area contributed by atoms with Gasteiger partial charge < -0.3 is 9.84 Å². The van der Waals surface area contributed by atoms with E-state index < -0.39 is 29.5 Å². The van der Waals surface area contributed by atoms with E-state index in [1.807, 2.05) is 0 Å². The van der Waals surface area contributed by atoms with E-state index in [2.05, 4.69) is 0 Å². The van der Waals surface area contributed by atoms with Crippen molar-refractivity contribution in [1.29, 1.82) is 0 Å². The summed E-state index contributed by atoms with van der Waals surface area (Å²) in [5.74, 6) is -2.09. The predicted octanol–water partition coefficient (Wildman–Crippen LogP) is 2.41. The first-order valence-electron chi connectivity index (χ1n) is 7.49. The number of carbonyl (C=O) groups is 2. The molecule has 0 bridgehead atoms. The average molecular weight is 307 g/mol. The van der Waals surface area contributed by atoms with Gasteiger partial charge in [0.2, 0.25) is 0 Å². The Morgan fingerprint density at radius 2 is 2.00 bits per heavy atom. The molecule has 5 nitrogen and oxygen atoms in total. The van der Waals surface area contributed by atoms with Crippen LogP contribution in [0.25, 0.3) is 0 Å². The van der Waals surface area contributed by atoms with E-state index in [-0.39, 0.29) is 12.2 Å². The number of ether oxygens (including phenoxy) is 1. The normalized spacial score (nSPS) is 23.7. The van der Waals surface area contributed by atoms with Gasteiger partial charge >= 0.3 is 5.97 Å². The van der Waals surface area contributed by atoms with E-state index in [4.69, 9.17) is 4.74 Å². The lowest BCUT2D eigenvalue weighted by Gasteiger charge is -2.41. The standard InChI is InChI=1S/C16H18FNO4/c17-12-6-4-5-11(9-12)14(19)18-13(15(20)21)10-22-16(18)7-2-1-3-8-16/h4-6,9,13H,1-3,7-8,10H2,(H,20,21)/t13-/m1/s1. The van der Waals surface area contributed by atoms with Crippen LogP contribution in [0.2, 0.25) is 0 Å². The molecule has 0 unspecified atom stereocenters. The molecule has 1 saturated heterocycles. The maximum Gasteiger partial charge on any atom is 0.328 e. The molecule has 2 fully saturated rings. The van der Waals surface area contributed by atoms with E-state index >= 15 is 0 Å². The molecular weight excluding hydrogens is 289 g/mol. The van der Waals surface area contributed by atoms with E-state index in [1.165, 1.54) is 23.1 Å². The number of rotatable bonds is 2. The van der Waals surface area contributed by atoms with E-state index in [0.29, 0.717) is 12.8 Å². The molecular formula is C16H18FNO4. The molecule has 22 heavy (non-hydrogen) atoms. The highest BCUT2D eigenvalue weighted by Gasteiger charge is 2.53. The maximum atomic E-state index is 13.4. The minimum absolute atomic E-state index is 0.0175. The fourth-order valence-electron chi connectivity index (χ4n) is 3.42. The number of carboxylic acids is 1. The SMILES string of the molecule is O=C(O)[C@H]1COC2(CCCCC2)N1C(=O)c1cccc(F)c1. The van der Waals surface area contributed by atoms with Crippen molar-refractivity contribution in [3.8, 4) is 0 Å². The quantitative estimate of drug-likeness (QED) is 0.911. The number of carboxylic acid groups (broad SMARTS) is 1. The van der Waals surface area contributed by atoms with Gasteiger partial charge in [-0.3, -0.25) is 9.69 Å². The molecule has 1 spiro atoms. The third-order valence-electron chi connectivity index (χ3n) is 4.47. The van der Waals surface area contributed by atoms with Gasteiger partial charge in [-0.2, -0.15) is 0 Å². The first kappa shape index (κ1) is 15.0. The summed E-state index contributed by atoms with van der Waals surface area (Å²) in [6, 6.07) is 4.31. The number of hydrogen-bond acceptors (Lipinski definition) is 3. The lowest BCUT2D eigenvalue weighted by Crippen LogP contribution is -2.54. The Balaban J connectivity index is 1.97. The van der Waals surface area contributed by atoms with Crippen LogP contribution in [0, 0.1) is 5.82 Å². The Morgan fingerprint density at radius 3 is 2.64 bits per heavy atom. The summed E-state index contributed by atoms with van der Waals surface area (Å²) >= 11 is 0. The summed E-state index contributed by atoms with van der Waals surface area (Å²) in [5, 5.41) is 9.40. The molecule has 1 atom stereocenters. The predicted molar refractivity (Wildman–Crippen MR) is 75.8 cm³/mol. The number of benzene rings is 1. The number of nitrogens with zero attached hydrogens (tertiary/aromatic N) is 1. The van der Waals surface area contributed by atoms with Crippen LogP contribution < -0.4 is 0 Å². The highest BCUT2D eigenvalue weighted by Crippen LogP contribution is 2.41. The Labute approximate surface area is 127 Å². The van der Waals surface area contributed by atoms with Gasteiger partial charge in [-0.1, -0.05) is 12.5 Å². The monoisotopic (exact) mass is 307 g/mol. The Hall–Kier alpha value is -1.95. The van der Waals surface area contributed by atoms with Crippen LogP contribution in [0.4, 0.5) is 4.39 Å². The largest absolute Gasteiger partial charge is 0.480 e. The Morgan fingerprint density at radius 1 is 1.27 bits per heavy atom. The van der Waals surface area contributed by atoms with Crippen LogP contribution >= 0.6 is 0 Å². The van der Waals surface area contributed by atoms with Gasteiger partial charge in [0.15, 0.2) is 6.04 Å². The molecule has 2 aliphatic rings. The third kappa shape index (κ3) is 2.47. The molecule has 6 heteroatoms. The fourth-order valence-corrected chi connectivity index (χ4v) is 3.42. The smallest absolute Gasteiger partial charge is 0.328 e. The highest BCUT2D eigenvalue weighted by atomic mass is 19.1. The molecule has 1 aromatic carbocycles. The lowest BCUT2D eigenvalue weighted by molar-refractivity contribution is -0.143. The van der Waals surface area contributed by atoms with Gasteiger partial charge in [-0.05, 0) is 43.9 Å². The molecule has 3 rings (SSSR count). The van der Waals surface area contributed by atoms with E-state index in [0.717, 1.165) is 25.3 Å². The van der Waals surface area contributed by atoms with E-state index in [1.54, 1.807) is 0 Å². The summed E-state index contributed by atoms with van der Waals surface area (Å²) in [6.45, 7) is -0.0175. The first-order valence-corrected chi connectivity index (χ1v) is 7.49. The van der Waals surface area contributed by atoms with Crippen LogP contribution in [-0.2, 0) is 9.53 Å². The second kappa shape index (κ2) is 5.68. The van der Waals surface area contributed by atoms with Crippen LogP contribution in [0.1, 0.15) is 42.5 Å². The van der Waals surface area contributed by atoms with E-state index in [9.17, 15) is 19.1 Å². The Bertz CT molecular complexity index is 598.